The third-order valence-corrected chi connectivity index (χ3v) is 3.89. The summed E-state index contributed by atoms with van der Waals surface area (Å²) in [7, 11) is 0. The molecule has 3 rings (SSSR count). The average molecular weight is 256 g/mol. The predicted octanol–water partition coefficient (Wildman–Crippen LogP) is 2.75. The van der Waals surface area contributed by atoms with Crippen molar-refractivity contribution >= 4 is 10.9 Å². The second kappa shape index (κ2) is 5.68. The number of hydrogen-bond donors (Lipinski definition) is 1. The van der Waals surface area contributed by atoms with Gasteiger partial charge >= 0.3 is 0 Å². The Labute approximate surface area is 114 Å². The summed E-state index contributed by atoms with van der Waals surface area (Å²) in [6.45, 7) is 5.04. The molecule has 0 radical (unpaired) electrons. The zero-order chi connectivity index (χ0) is 13.1. The summed E-state index contributed by atoms with van der Waals surface area (Å²) in [5, 5.41) is 4.58. The molecule has 3 nitrogen and oxygen atoms in total. The molecule has 2 unspecified atom stereocenters. The summed E-state index contributed by atoms with van der Waals surface area (Å²) in [5.74, 6) is 0.642. The average Bonchev–Trinajstić information content (AvgIpc) is 2.46. The monoisotopic (exact) mass is 256 g/mol. The minimum absolute atomic E-state index is 0.332. The van der Waals surface area contributed by atoms with Gasteiger partial charge in [-0.2, -0.15) is 0 Å². The normalized spacial score (nSPS) is 23.6. The van der Waals surface area contributed by atoms with Crippen molar-refractivity contribution in [3.63, 3.8) is 0 Å². The van der Waals surface area contributed by atoms with Gasteiger partial charge in [0, 0.05) is 18.1 Å². The Morgan fingerprint density at radius 1 is 1.37 bits per heavy atom. The van der Waals surface area contributed by atoms with Crippen LogP contribution in [0.15, 0.2) is 36.5 Å². The van der Waals surface area contributed by atoms with E-state index in [9.17, 15) is 0 Å². The van der Waals surface area contributed by atoms with Gasteiger partial charge < -0.3 is 10.1 Å². The number of hydrogen-bond acceptors (Lipinski definition) is 3. The lowest BCUT2D eigenvalue weighted by Crippen LogP contribution is -2.40. The van der Waals surface area contributed by atoms with Gasteiger partial charge in [0.1, 0.15) is 0 Å². The van der Waals surface area contributed by atoms with Crippen LogP contribution in [0.3, 0.4) is 0 Å². The zero-order valence-electron chi connectivity index (χ0n) is 11.3. The first-order valence-electron chi connectivity index (χ1n) is 6.99. The summed E-state index contributed by atoms with van der Waals surface area (Å²) in [4.78, 5) is 4.33. The lowest BCUT2D eigenvalue weighted by molar-refractivity contribution is -0.00653. The first kappa shape index (κ1) is 12.6. The van der Waals surface area contributed by atoms with Crippen molar-refractivity contribution in [3.05, 3.63) is 42.1 Å². The molecule has 0 saturated carbocycles. The molecule has 1 saturated heterocycles. The van der Waals surface area contributed by atoms with Crippen molar-refractivity contribution in [3.8, 4) is 0 Å². The highest BCUT2D eigenvalue weighted by atomic mass is 16.5. The number of pyridine rings is 1. The van der Waals surface area contributed by atoms with E-state index < -0.39 is 0 Å². The van der Waals surface area contributed by atoms with Crippen LogP contribution in [0.5, 0.6) is 0 Å². The van der Waals surface area contributed by atoms with Gasteiger partial charge in [0.25, 0.3) is 0 Å². The minimum Gasteiger partial charge on any atom is -0.372 e. The molecule has 2 heterocycles. The van der Waals surface area contributed by atoms with Gasteiger partial charge in [-0.25, -0.2) is 0 Å². The highest BCUT2D eigenvalue weighted by molar-refractivity contribution is 5.78. The van der Waals surface area contributed by atoms with Gasteiger partial charge in [0.05, 0.1) is 18.2 Å². The number of ether oxygens (including phenoxy) is 1. The number of benzene rings is 1. The maximum absolute atomic E-state index is 6.05. The largest absolute Gasteiger partial charge is 0.372 e. The third kappa shape index (κ3) is 2.94. The fourth-order valence-corrected chi connectivity index (χ4v) is 2.60. The first-order chi connectivity index (χ1) is 9.33. The van der Waals surface area contributed by atoms with Crippen molar-refractivity contribution < 1.29 is 4.74 Å². The van der Waals surface area contributed by atoms with Crippen molar-refractivity contribution in [1.82, 2.24) is 10.3 Å². The molecular weight excluding hydrogens is 236 g/mol. The van der Waals surface area contributed by atoms with Crippen LogP contribution in [0.25, 0.3) is 10.9 Å². The standard InChI is InChI=1S/C16H20N2O/c1-12-6-8-17-10-16(12)19-11-13-4-5-15-14(9-13)3-2-7-18-15/h2-5,7,9,12,16-17H,6,8,10-11H2,1H3. The molecule has 19 heavy (non-hydrogen) atoms. The molecular formula is C16H20N2O. The molecule has 0 bridgehead atoms. The van der Waals surface area contributed by atoms with Crippen molar-refractivity contribution in [2.45, 2.75) is 26.1 Å². The Kier molecular flexibility index (Phi) is 3.76. The van der Waals surface area contributed by atoms with Gasteiger partial charge in [0.15, 0.2) is 0 Å². The lowest BCUT2D eigenvalue weighted by atomic mass is 9.97. The molecule has 1 aromatic carbocycles. The van der Waals surface area contributed by atoms with E-state index in [1.54, 1.807) is 0 Å². The van der Waals surface area contributed by atoms with Crippen LogP contribution in [-0.4, -0.2) is 24.2 Å². The van der Waals surface area contributed by atoms with E-state index in [1.807, 2.05) is 12.3 Å². The van der Waals surface area contributed by atoms with Gasteiger partial charge in [-0.3, -0.25) is 4.98 Å². The molecule has 100 valence electrons. The molecule has 1 fully saturated rings. The fourth-order valence-electron chi connectivity index (χ4n) is 2.60. The van der Waals surface area contributed by atoms with Crippen LogP contribution in [-0.2, 0) is 11.3 Å². The Bertz CT molecular complexity index is 555. The molecule has 0 amide bonds. The smallest absolute Gasteiger partial charge is 0.0729 e. The highest BCUT2D eigenvalue weighted by Gasteiger charge is 2.21. The van der Waals surface area contributed by atoms with Gasteiger partial charge in [-0.15, -0.1) is 0 Å². The van der Waals surface area contributed by atoms with Crippen LogP contribution in [0, 0.1) is 5.92 Å². The van der Waals surface area contributed by atoms with Crippen LogP contribution < -0.4 is 5.32 Å². The number of fused-ring (bicyclic) bond motifs is 1. The quantitative estimate of drug-likeness (QED) is 0.917. The maximum atomic E-state index is 6.05. The molecule has 1 N–H and O–H groups in total. The van der Waals surface area contributed by atoms with E-state index in [-0.39, 0.29) is 0 Å². The van der Waals surface area contributed by atoms with Gasteiger partial charge in [-0.05, 0) is 42.6 Å². The Morgan fingerprint density at radius 2 is 2.32 bits per heavy atom. The van der Waals surface area contributed by atoms with Crippen LogP contribution in [0.1, 0.15) is 18.9 Å². The Morgan fingerprint density at radius 3 is 3.21 bits per heavy atom. The van der Waals surface area contributed by atoms with Crippen LogP contribution in [0.2, 0.25) is 0 Å². The molecule has 3 heteroatoms. The SMILES string of the molecule is CC1CCNCC1OCc1ccc2ncccc2c1. The predicted molar refractivity (Wildman–Crippen MR) is 77.0 cm³/mol. The third-order valence-electron chi connectivity index (χ3n) is 3.89. The summed E-state index contributed by atoms with van der Waals surface area (Å²) in [5.41, 5.74) is 2.26. The number of piperidine rings is 1. The molecule has 1 aliphatic heterocycles. The zero-order valence-corrected chi connectivity index (χ0v) is 11.3. The minimum atomic E-state index is 0.332. The number of aromatic nitrogens is 1. The van der Waals surface area contributed by atoms with E-state index >= 15 is 0 Å². The molecule has 0 aliphatic carbocycles. The van der Waals surface area contributed by atoms with Crippen LogP contribution >= 0.6 is 0 Å². The maximum Gasteiger partial charge on any atom is 0.0729 e. The second-order valence-electron chi connectivity index (χ2n) is 5.35. The van der Waals surface area contributed by atoms with Crippen molar-refractivity contribution in [2.75, 3.05) is 13.1 Å². The van der Waals surface area contributed by atoms with E-state index in [1.165, 1.54) is 17.4 Å². The van der Waals surface area contributed by atoms with E-state index in [0.717, 1.165) is 18.6 Å². The first-order valence-corrected chi connectivity index (χ1v) is 6.99. The van der Waals surface area contributed by atoms with Crippen LogP contribution in [0.4, 0.5) is 0 Å². The number of nitrogens with one attached hydrogen (secondary N) is 1. The summed E-state index contributed by atoms with van der Waals surface area (Å²) in [6, 6.07) is 10.4. The van der Waals surface area contributed by atoms with Gasteiger partial charge in [-0.1, -0.05) is 19.1 Å². The Hall–Kier alpha value is -1.45. The summed E-state index contributed by atoms with van der Waals surface area (Å²) in [6.07, 6.45) is 3.36. The molecule has 2 aromatic rings. The van der Waals surface area contributed by atoms with E-state index in [2.05, 4.69) is 41.5 Å². The summed E-state index contributed by atoms with van der Waals surface area (Å²) >= 11 is 0. The summed E-state index contributed by atoms with van der Waals surface area (Å²) < 4.78 is 6.05. The molecule has 1 aromatic heterocycles. The number of nitrogens with zero attached hydrogens (tertiary/aromatic N) is 1. The lowest BCUT2D eigenvalue weighted by Gasteiger charge is -2.29. The molecule has 2 atom stereocenters. The van der Waals surface area contributed by atoms with Crippen molar-refractivity contribution in [2.24, 2.45) is 5.92 Å². The topological polar surface area (TPSA) is 34.1 Å². The highest BCUT2D eigenvalue weighted by Crippen LogP contribution is 2.18. The Balaban J connectivity index is 1.67. The van der Waals surface area contributed by atoms with E-state index in [0.29, 0.717) is 18.6 Å². The van der Waals surface area contributed by atoms with E-state index in [4.69, 9.17) is 4.74 Å². The van der Waals surface area contributed by atoms with Crippen molar-refractivity contribution in [1.29, 1.82) is 0 Å². The molecule has 0 spiro atoms. The fraction of sp³-hybridized carbons (Fsp3) is 0.438. The van der Waals surface area contributed by atoms with Gasteiger partial charge in [0.2, 0.25) is 0 Å². The number of rotatable bonds is 3. The second-order valence-corrected chi connectivity index (χ2v) is 5.35. The molecule has 1 aliphatic rings.